The number of phenols is 1. The predicted molar refractivity (Wildman–Crippen MR) is 68.1 cm³/mol. The number of nitrogens with one attached hydrogen (secondary N) is 1. The fraction of sp³-hybridized carbons (Fsp3) is 0.200. The standard InChI is InChI=1S/C10H13N3O5S/c11-5-1-2-6-12-19(17,18)8-3-4-10(14)9(7-8)13(15)16/h1-4,7,12,14H,5-6,11H2/b2-1+. The van der Waals surface area contributed by atoms with Crippen molar-refractivity contribution >= 4 is 15.7 Å². The Labute approximate surface area is 109 Å². The minimum Gasteiger partial charge on any atom is -0.502 e. The molecule has 19 heavy (non-hydrogen) atoms. The van der Waals surface area contributed by atoms with Gasteiger partial charge >= 0.3 is 5.69 Å². The number of hydrogen-bond acceptors (Lipinski definition) is 6. The van der Waals surface area contributed by atoms with Gasteiger partial charge in [0.1, 0.15) is 0 Å². The van der Waals surface area contributed by atoms with Gasteiger partial charge in [-0.3, -0.25) is 10.1 Å². The van der Waals surface area contributed by atoms with Gasteiger partial charge < -0.3 is 10.8 Å². The zero-order valence-electron chi connectivity index (χ0n) is 9.81. The van der Waals surface area contributed by atoms with Crippen molar-refractivity contribution in [2.45, 2.75) is 4.90 Å². The SMILES string of the molecule is NC/C=C/CNS(=O)(=O)c1ccc(O)c([N+](=O)[O-])c1. The van der Waals surface area contributed by atoms with Crippen LogP contribution in [-0.2, 0) is 10.0 Å². The minimum atomic E-state index is -3.87. The summed E-state index contributed by atoms with van der Waals surface area (Å²) in [5.41, 5.74) is 4.53. The Morgan fingerprint density at radius 2 is 2.11 bits per heavy atom. The summed E-state index contributed by atoms with van der Waals surface area (Å²) in [4.78, 5) is 9.45. The molecule has 0 atom stereocenters. The Morgan fingerprint density at radius 1 is 1.42 bits per heavy atom. The van der Waals surface area contributed by atoms with Gasteiger partial charge in [-0.1, -0.05) is 12.2 Å². The summed E-state index contributed by atoms with van der Waals surface area (Å²) >= 11 is 0. The number of nitro benzene ring substituents is 1. The van der Waals surface area contributed by atoms with Crippen LogP contribution in [0.25, 0.3) is 0 Å². The summed E-state index contributed by atoms with van der Waals surface area (Å²) in [6.45, 7) is 0.306. The van der Waals surface area contributed by atoms with Crippen molar-refractivity contribution in [1.82, 2.24) is 4.72 Å². The highest BCUT2D eigenvalue weighted by Gasteiger charge is 2.20. The van der Waals surface area contributed by atoms with Crippen LogP contribution in [0.15, 0.2) is 35.2 Å². The highest BCUT2D eigenvalue weighted by atomic mass is 32.2. The lowest BCUT2D eigenvalue weighted by Gasteiger charge is -2.05. The number of hydrogen-bond donors (Lipinski definition) is 3. The van der Waals surface area contributed by atoms with Crippen molar-refractivity contribution in [2.75, 3.05) is 13.1 Å². The summed E-state index contributed by atoms with van der Waals surface area (Å²) in [6, 6.07) is 2.84. The first-order chi connectivity index (χ1) is 8.88. The van der Waals surface area contributed by atoms with Crippen molar-refractivity contribution in [3.63, 3.8) is 0 Å². The number of phenolic OH excluding ortho intramolecular Hbond substituents is 1. The third kappa shape index (κ3) is 4.02. The Kier molecular flexibility index (Phi) is 4.98. The van der Waals surface area contributed by atoms with Gasteiger partial charge in [0, 0.05) is 19.2 Å². The molecule has 0 aliphatic heterocycles. The molecule has 0 saturated heterocycles. The second-order valence-corrected chi connectivity index (χ2v) is 5.23. The van der Waals surface area contributed by atoms with E-state index in [1.165, 1.54) is 6.08 Å². The zero-order valence-corrected chi connectivity index (χ0v) is 10.6. The monoisotopic (exact) mass is 287 g/mol. The quantitative estimate of drug-likeness (QED) is 0.385. The molecule has 0 amide bonds. The largest absolute Gasteiger partial charge is 0.502 e. The Hall–Kier alpha value is -1.97. The highest BCUT2D eigenvalue weighted by Crippen LogP contribution is 2.27. The van der Waals surface area contributed by atoms with Crippen LogP contribution >= 0.6 is 0 Å². The van der Waals surface area contributed by atoms with E-state index in [-0.39, 0.29) is 18.0 Å². The summed E-state index contributed by atoms with van der Waals surface area (Å²) < 4.78 is 25.8. The van der Waals surface area contributed by atoms with Crippen LogP contribution in [0.5, 0.6) is 5.75 Å². The fourth-order valence-electron chi connectivity index (χ4n) is 1.24. The molecular formula is C10H13N3O5S. The minimum absolute atomic E-state index is 0.0220. The van der Waals surface area contributed by atoms with Crippen LogP contribution < -0.4 is 10.5 Å². The molecule has 1 rings (SSSR count). The van der Waals surface area contributed by atoms with Gasteiger partial charge in [0.25, 0.3) is 0 Å². The molecule has 4 N–H and O–H groups in total. The van der Waals surface area contributed by atoms with E-state index in [1.54, 1.807) is 6.08 Å². The van der Waals surface area contributed by atoms with Crippen LogP contribution in [0.3, 0.4) is 0 Å². The molecule has 0 aromatic heterocycles. The second kappa shape index (κ2) is 6.27. The molecule has 0 saturated carbocycles. The lowest BCUT2D eigenvalue weighted by molar-refractivity contribution is -0.386. The molecule has 0 bridgehead atoms. The van der Waals surface area contributed by atoms with Crippen LogP contribution in [0.1, 0.15) is 0 Å². The van der Waals surface area contributed by atoms with Gasteiger partial charge in [0.2, 0.25) is 10.0 Å². The smallest absolute Gasteiger partial charge is 0.312 e. The first-order valence-corrected chi connectivity index (χ1v) is 6.69. The number of sulfonamides is 1. The third-order valence-electron chi connectivity index (χ3n) is 2.15. The Morgan fingerprint density at radius 3 is 2.68 bits per heavy atom. The van der Waals surface area contributed by atoms with E-state index in [0.717, 1.165) is 18.2 Å². The number of nitrogens with zero attached hydrogens (tertiary/aromatic N) is 1. The molecule has 0 fully saturated rings. The molecule has 0 spiro atoms. The van der Waals surface area contributed by atoms with Crippen molar-refractivity contribution in [3.05, 3.63) is 40.5 Å². The molecule has 0 radical (unpaired) electrons. The first-order valence-electron chi connectivity index (χ1n) is 5.20. The average Bonchev–Trinajstić information content (AvgIpc) is 2.34. The third-order valence-corrected chi connectivity index (χ3v) is 3.57. The number of nitro groups is 1. The fourth-order valence-corrected chi connectivity index (χ4v) is 2.23. The second-order valence-electron chi connectivity index (χ2n) is 3.47. The Bertz CT molecular complexity index is 597. The van der Waals surface area contributed by atoms with Crippen LogP contribution in [0.2, 0.25) is 0 Å². The maximum absolute atomic E-state index is 11.8. The van der Waals surface area contributed by atoms with E-state index in [2.05, 4.69) is 4.72 Å². The van der Waals surface area contributed by atoms with E-state index in [1.807, 2.05) is 0 Å². The van der Waals surface area contributed by atoms with Crippen LogP contribution in [0.4, 0.5) is 5.69 Å². The van der Waals surface area contributed by atoms with Gasteiger partial charge in [-0.15, -0.1) is 0 Å². The normalized spacial score (nSPS) is 11.8. The molecule has 0 aliphatic carbocycles. The van der Waals surface area contributed by atoms with E-state index in [9.17, 15) is 23.6 Å². The van der Waals surface area contributed by atoms with Crippen LogP contribution in [0, 0.1) is 10.1 Å². The highest BCUT2D eigenvalue weighted by molar-refractivity contribution is 7.89. The molecule has 104 valence electrons. The summed E-state index contributed by atoms with van der Waals surface area (Å²) in [5, 5.41) is 19.8. The Balaban J connectivity index is 2.99. The molecule has 0 unspecified atom stereocenters. The predicted octanol–water partition coefficient (Wildman–Crippen LogP) is 0.0936. The maximum Gasteiger partial charge on any atom is 0.312 e. The van der Waals surface area contributed by atoms with E-state index in [4.69, 9.17) is 5.73 Å². The number of rotatable bonds is 6. The number of nitrogens with two attached hydrogens (primary N) is 1. The van der Waals surface area contributed by atoms with E-state index in [0.29, 0.717) is 0 Å². The topological polar surface area (TPSA) is 136 Å². The van der Waals surface area contributed by atoms with E-state index >= 15 is 0 Å². The van der Waals surface area contributed by atoms with Gasteiger partial charge in [-0.05, 0) is 12.1 Å². The molecule has 0 heterocycles. The van der Waals surface area contributed by atoms with E-state index < -0.39 is 26.4 Å². The van der Waals surface area contributed by atoms with Crippen molar-refractivity contribution in [3.8, 4) is 5.75 Å². The average molecular weight is 287 g/mol. The molecule has 9 heteroatoms. The first kappa shape index (κ1) is 15.1. The zero-order chi connectivity index (χ0) is 14.5. The molecular weight excluding hydrogens is 274 g/mol. The molecule has 1 aromatic rings. The maximum atomic E-state index is 11.8. The molecule has 0 aliphatic rings. The summed E-state index contributed by atoms with van der Waals surface area (Å²) in [6.07, 6.45) is 3.09. The lowest BCUT2D eigenvalue weighted by Crippen LogP contribution is -2.23. The van der Waals surface area contributed by atoms with Gasteiger partial charge in [0.05, 0.1) is 9.82 Å². The van der Waals surface area contributed by atoms with Gasteiger partial charge in [-0.25, -0.2) is 13.1 Å². The summed E-state index contributed by atoms with van der Waals surface area (Å²) in [5.74, 6) is -0.591. The van der Waals surface area contributed by atoms with Gasteiger partial charge in [-0.2, -0.15) is 0 Å². The lowest BCUT2D eigenvalue weighted by atomic mass is 10.3. The van der Waals surface area contributed by atoms with Gasteiger partial charge in [0.15, 0.2) is 5.75 Å². The molecule has 8 nitrogen and oxygen atoms in total. The molecule has 1 aromatic carbocycles. The number of aromatic hydroxyl groups is 1. The number of benzene rings is 1. The van der Waals surface area contributed by atoms with Crippen molar-refractivity contribution < 1.29 is 18.4 Å². The van der Waals surface area contributed by atoms with Crippen molar-refractivity contribution in [1.29, 1.82) is 0 Å². The van der Waals surface area contributed by atoms with Crippen molar-refractivity contribution in [2.24, 2.45) is 5.73 Å². The summed E-state index contributed by atoms with van der Waals surface area (Å²) in [7, 11) is -3.87. The van der Waals surface area contributed by atoms with Crippen LogP contribution in [-0.4, -0.2) is 31.5 Å².